The van der Waals surface area contributed by atoms with Gasteiger partial charge in [-0.15, -0.1) is 0 Å². The van der Waals surface area contributed by atoms with Crippen LogP contribution in [0.15, 0.2) is 6.07 Å². The molecule has 0 aliphatic carbocycles. The molecule has 0 radical (unpaired) electrons. The lowest BCUT2D eigenvalue weighted by molar-refractivity contribution is -0.484. The molecule has 0 bridgehead atoms. The fourth-order valence-corrected chi connectivity index (χ4v) is 1.60. The minimum absolute atomic E-state index is 0.592. The minimum atomic E-state index is -7.21. The SMILES string of the molecule is O=S(=O)(O)C(F)(F)C(F)(F)OC(F)(F)C(F)(F)Oc1c(F)c(F)cc(F)c1F. The second-order valence-electron chi connectivity index (χ2n) is 4.54. The Bertz CT molecular complexity index is 842. The van der Waals surface area contributed by atoms with Crippen LogP contribution in [0.4, 0.5) is 52.7 Å². The summed E-state index contributed by atoms with van der Waals surface area (Å²) in [7, 11) is -7.21. The van der Waals surface area contributed by atoms with E-state index in [1.54, 1.807) is 4.74 Å². The van der Waals surface area contributed by atoms with Crippen molar-refractivity contribution < 1.29 is 75.1 Å². The molecule has 0 atom stereocenters. The van der Waals surface area contributed by atoms with Gasteiger partial charge < -0.3 is 4.74 Å². The van der Waals surface area contributed by atoms with Gasteiger partial charge in [-0.25, -0.2) is 13.5 Å². The maximum atomic E-state index is 13.3. The van der Waals surface area contributed by atoms with Crippen molar-refractivity contribution >= 4 is 10.1 Å². The van der Waals surface area contributed by atoms with Gasteiger partial charge in [-0.3, -0.25) is 4.55 Å². The van der Waals surface area contributed by atoms with E-state index in [-0.39, 0.29) is 0 Å². The van der Waals surface area contributed by atoms with Crippen molar-refractivity contribution in [2.24, 2.45) is 0 Å². The molecule has 162 valence electrons. The Morgan fingerprint density at radius 3 is 1.50 bits per heavy atom. The second kappa shape index (κ2) is 6.83. The Balaban J connectivity index is 3.35. The van der Waals surface area contributed by atoms with E-state index in [0.29, 0.717) is 0 Å². The van der Waals surface area contributed by atoms with E-state index in [1.807, 2.05) is 0 Å². The van der Waals surface area contributed by atoms with Gasteiger partial charge in [0.25, 0.3) is 0 Å². The molecule has 1 rings (SSSR count). The quantitative estimate of drug-likeness (QED) is 0.378. The van der Waals surface area contributed by atoms with Gasteiger partial charge in [0, 0.05) is 6.07 Å². The molecule has 0 saturated carbocycles. The summed E-state index contributed by atoms with van der Waals surface area (Å²) < 4.78 is 188. The lowest BCUT2D eigenvalue weighted by Gasteiger charge is -2.31. The number of hydrogen-bond acceptors (Lipinski definition) is 4. The van der Waals surface area contributed by atoms with Crippen molar-refractivity contribution in [1.82, 2.24) is 0 Å². The Hall–Kier alpha value is -1.95. The molecule has 0 saturated heterocycles. The molecule has 0 fully saturated rings. The first-order valence-corrected chi connectivity index (χ1v) is 7.32. The maximum absolute atomic E-state index is 13.3. The van der Waals surface area contributed by atoms with E-state index in [9.17, 15) is 61.1 Å². The van der Waals surface area contributed by atoms with E-state index in [2.05, 4.69) is 4.74 Å². The summed E-state index contributed by atoms with van der Waals surface area (Å²) in [4.78, 5) is 0. The van der Waals surface area contributed by atoms with Gasteiger partial charge in [-0.2, -0.15) is 52.3 Å². The number of ether oxygens (including phenoxy) is 2. The molecular formula is C10H2F12O5S. The molecule has 18 heteroatoms. The molecule has 1 aromatic carbocycles. The van der Waals surface area contributed by atoms with Crippen LogP contribution < -0.4 is 4.74 Å². The fourth-order valence-electron chi connectivity index (χ4n) is 1.26. The summed E-state index contributed by atoms with van der Waals surface area (Å²) in [5, 5.41) is -6.92. The number of alkyl halides is 8. The van der Waals surface area contributed by atoms with Gasteiger partial charge in [0.2, 0.25) is 17.4 Å². The van der Waals surface area contributed by atoms with Crippen molar-refractivity contribution in [3.63, 3.8) is 0 Å². The molecule has 0 aliphatic rings. The van der Waals surface area contributed by atoms with Gasteiger partial charge >= 0.3 is 33.7 Å². The lowest BCUT2D eigenvalue weighted by atomic mass is 10.3. The molecule has 0 heterocycles. The number of benzene rings is 1. The molecule has 0 aromatic heterocycles. The normalized spacial score (nSPS) is 14.3. The average molecular weight is 462 g/mol. The highest BCUT2D eigenvalue weighted by molar-refractivity contribution is 7.86. The summed E-state index contributed by atoms with van der Waals surface area (Å²) in [5.74, 6) is -13.6. The number of halogens is 12. The monoisotopic (exact) mass is 462 g/mol. The largest absolute Gasteiger partial charge is 0.494 e. The highest BCUT2D eigenvalue weighted by Gasteiger charge is 2.75. The van der Waals surface area contributed by atoms with Gasteiger partial charge in [0.05, 0.1) is 0 Å². The van der Waals surface area contributed by atoms with E-state index in [4.69, 9.17) is 4.55 Å². The molecule has 0 amide bonds. The first-order valence-electron chi connectivity index (χ1n) is 5.88. The van der Waals surface area contributed by atoms with Crippen LogP contribution in [-0.2, 0) is 14.9 Å². The van der Waals surface area contributed by atoms with Crippen LogP contribution in [0, 0.1) is 23.3 Å². The highest BCUT2D eigenvalue weighted by Crippen LogP contribution is 2.47. The zero-order valence-electron chi connectivity index (χ0n) is 12.1. The molecule has 28 heavy (non-hydrogen) atoms. The first kappa shape index (κ1) is 24.1. The molecule has 5 nitrogen and oxygen atoms in total. The van der Waals surface area contributed by atoms with Gasteiger partial charge in [-0.05, 0) is 0 Å². The topological polar surface area (TPSA) is 72.8 Å². The van der Waals surface area contributed by atoms with E-state index < -0.39 is 68.8 Å². The summed E-state index contributed by atoms with van der Waals surface area (Å²) in [6.45, 7) is 0. The average Bonchev–Trinajstić information content (AvgIpc) is 2.47. The highest BCUT2D eigenvalue weighted by atomic mass is 32.2. The summed E-state index contributed by atoms with van der Waals surface area (Å²) >= 11 is 0. The van der Waals surface area contributed by atoms with Crippen molar-refractivity contribution in [2.75, 3.05) is 0 Å². The van der Waals surface area contributed by atoms with Crippen LogP contribution in [0.3, 0.4) is 0 Å². The second-order valence-corrected chi connectivity index (χ2v) is 6.01. The van der Waals surface area contributed by atoms with Gasteiger partial charge in [-0.1, -0.05) is 0 Å². The fraction of sp³-hybridized carbons (Fsp3) is 0.400. The number of rotatable bonds is 7. The van der Waals surface area contributed by atoms with Crippen LogP contribution in [0.1, 0.15) is 0 Å². The summed E-state index contributed by atoms with van der Waals surface area (Å²) in [6, 6.07) is -0.592. The van der Waals surface area contributed by atoms with E-state index in [1.165, 1.54) is 0 Å². The summed E-state index contributed by atoms with van der Waals surface area (Å²) in [6.07, 6.45) is -20.8. The van der Waals surface area contributed by atoms with Crippen molar-refractivity contribution in [1.29, 1.82) is 0 Å². The first-order chi connectivity index (χ1) is 12.2. The molecule has 0 unspecified atom stereocenters. The zero-order chi connectivity index (χ0) is 22.5. The van der Waals surface area contributed by atoms with Crippen LogP contribution >= 0.6 is 0 Å². The maximum Gasteiger partial charge on any atom is 0.494 e. The van der Waals surface area contributed by atoms with Gasteiger partial charge in [0.15, 0.2) is 11.6 Å². The third-order valence-electron chi connectivity index (χ3n) is 2.56. The summed E-state index contributed by atoms with van der Waals surface area (Å²) in [5.41, 5.74) is 0. The van der Waals surface area contributed by atoms with Crippen molar-refractivity contribution in [2.45, 2.75) is 23.6 Å². The molecule has 0 spiro atoms. The van der Waals surface area contributed by atoms with Crippen LogP contribution in [0.5, 0.6) is 5.75 Å². The van der Waals surface area contributed by atoms with E-state index in [0.717, 1.165) is 0 Å². The standard InChI is InChI=1S/C10H2F12O5S/c11-2-1-3(12)5(14)6(4(2)13)26-7(15,16)8(17,18)27-9(19,20)10(21,22)28(23,24)25/h1H,(H,23,24,25). The third-order valence-corrected chi connectivity index (χ3v) is 3.45. The lowest BCUT2D eigenvalue weighted by Crippen LogP contribution is -2.57. The van der Waals surface area contributed by atoms with Crippen LogP contribution in [0.2, 0.25) is 0 Å². The Kier molecular flexibility index (Phi) is 5.88. The molecule has 1 aromatic rings. The molecule has 0 aliphatic heterocycles. The van der Waals surface area contributed by atoms with Crippen LogP contribution in [0.25, 0.3) is 0 Å². The van der Waals surface area contributed by atoms with Gasteiger partial charge in [0.1, 0.15) is 0 Å². The predicted molar refractivity (Wildman–Crippen MR) is 59.3 cm³/mol. The Morgan fingerprint density at radius 2 is 1.14 bits per heavy atom. The minimum Gasteiger partial charge on any atom is -0.419 e. The Labute approximate surface area is 145 Å². The molecular weight excluding hydrogens is 460 g/mol. The Morgan fingerprint density at radius 1 is 0.750 bits per heavy atom. The predicted octanol–water partition coefficient (Wildman–Crippen LogP) is 3.90. The van der Waals surface area contributed by atoms with Crippen LogP contribution in [-0.4, -0.2) is 36.6 Å². The van der Waals surface area contributed by atoms with Crippen molar-refractivity contribution in [3.8, 4) is 5.75 Å². The molecule has 1 N–H and O–H groups in total. The number of hydrogen-bond donors (Lipinski definition) is 1. The smallest absolute Gasteiger partial charge is 0.419 e. The third kappa shape index (κ3) is 4.07. The zero-order valence-corrected chi connectivity index (χ0v) is 12.9. The van der Waals surface area contributed by atoms with E-state index >= 15 is 0 Å². The van der Waals surface area contributed by atoms with Crippen molar-refractivity contribution in [3.05, 3.63) is 29.3 Å².